The van der Waals surface area contributed by atoms with Gasteiger partial charge in [0.05, 0.1) is 6.04 Å². The quantitative estimate of drug-likeness (QED) is 0.173. The summed E-state index contributed by atoms with van der Waals surface area (Å²) in [5, 5.41) is 0. The molecule has 244 valence electrons. The topological polar surface area (TPSA) is 8.17 Å². The Labute approximate surface area is 296 Å². The lowest BCUT2D eigenvalue weighted by molar-refractivity contribution is 0.343. The predicted molar refractivity (Wildman–Crippen MR) is 209 cm³/mol. The van der Waals surface area contributed by atoms with E-state index in [0.29, 0.717) is 35.8 Å². The number of hydrogen-bond acceptors (Lipinski definition) is 1. The van der Waals surface area contributed by atoms with Crippen molar-refractivity contribution in [3.63, 3.8) is 0 Å². The fourth-order valence-corrected chi connectivity index (χ4v) is 9.73. The number of aromatic nitrogens is 1. The fourth-order valence-electron chi connectivity index (χ4n) is 9.73. The zero-order valence-electron chi connectivity index (χ0n) is 28.4. The first kappa shape index (κ1) is 29.6. The van der Waals surface area contributed by atoms with Crippen molar-refractivity contribution in [3.8, 4) is 27.9 Å². The number of nitrogens with zero attached hydrogens (tertiary/aromatic N) is 2. The van der Waals surface area contributed by atoms with E-state index in [1.54, 1.807) is 0 Å². The minimum atomic E-state index is 0.391. The molecule has 1 aliphatic heterocycles. The molecule has 2 nitrogen and oxygen atoms in total. The van der Waals surface area contributed by atoms with Gasteiger partial charge in [0.15, 0.2) is 0 Å². The van der Waals surface area contributed by atoms with Crippen molar-refractivity contribution in [2.24, 2.45) is 23.7 Å². The van der Waals surface area contributed by atoms with E-state index < -0.39 is 0 Å². The van der Waals surface area contributed by atoms with Crippen molar-refractivity contribution < 1.29 is 0 Å². The summed E-state index contributed by atoms with van der Waals surface area (Å²) in [4.78, 5) is 2.76. The molecule has 0 N–H and O–H groups in total. The summed E-state index contributed by atoms with van der Waals surface area (Å²) in [6.45, 7) is 0. The summed E-state index contributed by atoms with van der Waals surface area (Å²) in [5.74, 6) is 1.99. The molecule has 0 radical (unpaired) electrons. The van der Waals surface area contributed by atoms with Gasteiger partial charge in [-0.3, -0.25) is 0 Å². The van der Waals surface area contributed by atoms with Crippen LogP contribution in [0, 0.1) is 23.7 Å². The highest BCUT2D eigenvalue weighted by Crippen LogP contribution is 2.49. The third-order valence-corrected chi connectivity index (χ3v) is 12.1. The van der Waals surface area contributed by atoms with Crippen LogP contribution in [0.2, 0.25) is 0 Å². The van der Waals surface area contributed by atoms with Crippen LogP contribution in [0.25, 0.3) is 40.1 Å². The van der Waals surface area contributed by atoms with E-state index in [4.69, 9.17) is 0 Å². The van der Waals surface area contributed by atoms with Crippen LogP contribution in [0.15, 0.2) is 158 Å². The lowest BCUT2D eigenvalue weighted by atomic mass is 9.72. The van der Waals surface area contributed by atoms with Gasteiger partial charge < -0.3 is 9.47 Å². The Morgan fingerprint density at radius 1 is 0.520 bits per heavy atom. The Hall–Kier alpha value is -5.34. The molecule has 6 unspecified atom stereocenters. The zero-order chi connectivity index (χ0) is 33.0. The molecule has 5 aromatic rings. The predicted octanol–water partition coefficient (Wildman–Crippen LogP) is 11.1. The van der Waals surface area contributed by atoms with Crippen molar-refractivity contribution in [2.45, 2.75) is 37.8 Å². The number of allylic oxidation sites excluding steroid dienone is 5. The standard InChI is InChI=1S/C48H42N2/c1-3-12-33(13-4-1)35-22-26-39(27-23-35)49-45-20-9-7-18-41(45)43-28-24-37(31-47(43)49)38-25-29-44-42-19-8-10-21-46(42)50(48(44)32-38)40-17-11-16-36(30-40)34-14-5-2-6-15-34/h1-9,11-20,22-30,37-38,41,43,45,47H,10,21,31-32H2. The van der Waals surface area contributed by atoms with Crippen LogP contribution < -0.4 is 4.90 Å². The molecule has 5 aliphatic rings. The van der Waals surface area contributed by atoms with Crippen LogP contribution in [0.5, 0.6) is 0 Å². The summed E-state index contributed by atoms with van der Waals surface area (Å²) < 4.78 is 2.63. The highest BCUT2D eigenvalue weighted by molar-refractivity contribution is 5.75. The van der Waals surface area contributed by atoms with Gasteiger partial charge in [-0.1, -0.05) is 146 Å². The highest BCUT2D eigenvalue weighted by Gasteiger charge is 2.48. The van der Waals surface area contributed by atoms with E-state index in [1.165, 1.54) is 62.6 Å². The Bertz CT molecular complexity index is 2190. The number of fused-ring (bicyclic) bond motifs is 6. The maximum atomic E-state index is 2.76. The summed E-state index contributed by atoms with van der Waals surface area (Å²) in [5.41, 5.74) is 13.5. The van der Waals surface area contributed by atoms with Gasteiger partial charge in [-0.25, -0.2) is 0 Å². The zero-order valence-corrected chi connectivity index (χ0v) is 28.4. The van der Waals surface area contributed by atoms with Gasteiger partial charge >= 0.3 is 0 Å². The van der Waals surface area contributed by atoms with Gasteiger partial charge in [0.1, 0.15) is 0 Å². The van der Waals surface area contributed by atoms with Crippen LogP contribution in [0.3, 0.4) is 0 Å². The van der Waals surface area contributed by atoms with Crippen molar-refractivity contribution in [1.82, 2.24) is 4.57 Å². The van der Waals surface area contributed by atoms with E-state index in [2.05, 4.69) is 179 Å². The fraction of sp³-hybridized carbons (Fsp3) is 0.208. The largest absolute Gasteiger partial charge is 0.361 e. The molecule has 50 heavy (non-hydrogen) atoms. The Morgan fingerprint density at radius 2 is 1.24 bits per heavy atom. The second-order valence-electron chi connectivity index (χ2n) is 14.7. The Kier molecular flexibility index (Phi) is 7.22. The number of anilines is 1. The average molecular weight is 647 g/mol. The smallest absolute Gasteiger partial charge is 0.0548 e. The van der Waals surface area contributed by atoms with E-state index in [0.717, 1.165) is 19.3 Å². The molecule has 4 aliphatic carbocycles. The number of rotatable bonds is 5. The summed E-state index contributed by atoms with van der Waals surface area (Å²) in [7, 11) is 0. The van der Waals surface area contributed by atoms with Crippen molar-refractivity contribution in [3.05, 3.63) is 180 Å². The van der Waals surface area contributed by atoms with Gasteiger partial charge in [0, 0.05) is 51.8 Å². The number of hydrogen-bond donors (Lipinski definition) is 0. The van der Waals surface area contributed by atoms with E-state index in [1.807, 2.05) is 0 Å². The SMILES string of the molecule is C1=CC2C3C=CC(C4C=Cc5c6c(n(-c7cccc(-c8ccccc8)c7)c5C4)CCC=C6)CC3N(c3ccc(-c4ccccc4)cc3)C2C=C1. The third-order valence-electron chi connectivity index (χ3n) is 12.1. The molecule has 1 saturated heterocycles. The Morgan fingerprint density at radius 3 is 2.06 bits per heavy atom. The number of benzene rings is 4. The van der Waals surface area contributed by atoms with Gasteiger partial charge in [0.25, 0.3) is 0 Å². The van der Waals surface area contributed by atoms with Gasteiger partial charge in [-0.2, -0.15) is 0 Å². The molecule has 2 heterocycles. The molecule has 10 rings (SSSR count). The van der Waals surface area contributed by atoms with Crippen LogP contribution in [0.4, 0.5) is 5.69 Å². The van der Waals surface area contributed by atoms with Gasteiger partial charge in [-0.05, 0) is 84.0 Å². The minimum absolute atomic E-state index is 0.391. The molecule has 0 bridgehead atoms. The van der Waals surface area contributed by atoms with Crippen LogP contribution >= 0.6 is 0 Å². The second kappa shape index (κ2) is 12.2. The minimum Gasteiger partial charge on any atom is -0.361 e. The molecule has 0 spiro atoms. The first-order chi connectivity index (χ1) is 24.8. The van der Waals surface area contributed by atoms with Crippen molar-refractivity contribution >= 4 is 17.8 Å². The monoisotopic (exact) mass is 646 g/mol. The first-order valence-electron chi connectivity index (χ1n) is 18.5. The molecule has 1 aromatic heterocycles. The van der Waals surface area contributed by atoms with Gasteiger partial charge in [-0.15, -0.1) is 0 Å². The van der Waals surface area contributed by atoms with E-state index in [9.17, 15) is 0 Å². The maximum Gasteiger partial charge on any atom is 0.0548 e. The maximum absolute atomic E-state index is 2.76. The highest BCUT2D eigenvalue weighted by atomic mass is 15.2. The molecular formula is C48H42N2. The molecule has 4 aromatic carbocycles. The molecule has 2 heteroatoms. The third kappa shape index (κ3) is 4.92. The molecule has 1 fully saturated rings. The summed E-state index contributed by atoms with van der Waals surface area (Å²) in [6, 6.07) is 41.0. The molecular weight excluding hydrogens is 605 g/mol. The Balaban J connectivity index is 0.980. The lowest BCUT2D eigenvalue weighted by Gasteiger charge is -2.38. The van der Waals surface area contributed by atoms with Crippen molar-refractivity contribution in [1.29, 1.82) is 0 Å². The van der Waals surface area contributed by atoms with E-state index in [-0.39, 0.29) is 0 Å². The van der Waals surface area contributed by atoms with Crippen molar-refractivity contribution in [2.75, 3.05) is 4.90 Å². The lowest BCUT2D eigenvalue weighted by Crippen LogP contribution is -2.40. The normalized spacial score (nSPS) is 25.6. The average Bonchev–Trinajstić information content (AvgIpc) is 3.71. The van der Waals surface area contributed by atoms with E-state index >= 15 is 0 Å². The molecule has 0 saturated carbocycles. The molecule has 0 amide bonds. The van der Waals surface area contributed by atoms with Crippen LogP contribution in [-0.4, -0.2) is 16.7 Å². The van der Waals surface area contributed by atoms with Crippen LogP contribution in [-0.2, 0) is 12.8 Å². The second-order valence-corrected chi connectivity index (χ2v) is 14.7. The van der Waals surface area contributed by atoms with Gasteiger partial charge in [0.2, 0.25) is 0 Å². The first-order valence-corrected chi connectivity index (χ1v) is 18.5. The van der Waals surface area contributed by atoms with Crippen LogP contribution in [0.1, 0.15) is 35.4 Å². The summed E-state index contributed by atoms with van der Waals surface area (Å²) in [6.07, 6.45) is 28.8. The summed E-state index contributed by atoms with van der Waals surface area (Å²) >= 11 is 0. The molecule has 6 atom stereocenters.